The van der Waals surface area contributed by atoms with Gasteiger partial charge >= 0.3 is 5.69 Å². The molecule has 1 N–H and O–H groups in total. The number of hydrogen-bond acceptors (Lipinski definition) is 6. The average Bonchev–Trinajstić information content (AvgIpc) is 3.35. The number of nitrogens with one attached hydrogen (secondary N) is 1. The third kappa shape index (κ3) is 4.36. The van der Waals surface area contributed by atoms with E-state index in [1.165, 1.54) is 43.0 Å². The van der Waals surface area contributed by atoms with Crippen LogP contribution in [0.4, 0.5) is 5.69 Å². The Morgan fingerprint density at radius 2 is 1.82 bits per heavy atom. The standard InChI is InChI=1S/C22H24N4O6S/c1-24-19-9-8-17(33(30,31)23-15-6-5-7-16(12-15)32-2)13-18(19)21(28)26(22(24)29)14-20(27)25-10-3-4-11-25/h5-9,12-13,23H,3-4,10-11,14H2,1-2H3. The lowest BCUT2D eigenvalue weighted by atomic mass is 10.2. The van der Waals surface area contributed by atoms with E-state index in [-0.39, 0.29) is 28.3 Å². The lowest BCUT2D eigenvalue weighted by molar-refractivity contribution is -0.130. The Balaban J connectivity index is 1.75. The number of amides is 1. The molecule has 0 radical (unpaired) electrons. The van der Waals surface area contributed by atoms with Crippen LogP contribution in [0.5, 0.6) is 5.75 Å². The predicted molar refractivity (Wildman–Crippen MR) is 123 cm³/mol. The lowest BCUT2D eigenvalue weighted by Crippen LogP contribution is -2.43. The predicted octanol–water partition coefficient (Wildman–Crippen LogP) is 1.13. The molecule has 1 aliphatic heterocycles. The first-order valence-electron chi connectivity index (χ1n) is 10.4. The molecule has 0 spiro atoms. The lowest BCUT2D eigenvalue weighted by Gasteiger charge is -2.17. The number of nitrogens with zero attached hydrogens (tertiary/aromatic N) is 3. The van der Waals surface area contributed by atoms with E-state index in [9.17, 15) is 22.8 Å². The van der Waals surface area contributed by atoms with Crippen molar-refractivity contribution in [2.24, 2.45) is 7.05 Å². The van der Waals surface area contributed by atoms with Gasteiger partial charge in [-0.25, -0.2) is 13.2 Å². The van der Waals surface area contributed by atoms with Gasteiger partial charge in [-0.3, -0.25) is 23.4 Å². The maximum Gasteiger partial charge on any atom is 0.331 e. The molecule has 4 rings (SSSR count). The van der Waals surface area contributed by atoms with Crippen LogP contribution in [0.25, 0.3) is 10.9 Å². The van der Waals surface area contributed by atoms with Crippen molar-refractivity contribution in [2.75, 3.05) is 24.9 Å². The Morgan fingerprint density at radius 1 is 1.09 bits per heavy atom. The number of aromatic nitrogens is 2. The van der Waals surface area contributed by atoms with Gasteiger partial charge in [-0.1, -0.05) is 6.07 Å². The Labute approximate surface area is 190 Å². The molecule has 174 valence electrons. The van der Waals surface area contributed by atoms with E-state index in [1.54, 1.807) is 23.1 Å². The fourth-order valence-electron chi connectivity index (χ4n) is 3.90. The molecular formula is C22H24N4O6S. The highest BCUT2D eigenvalue weighted by atomic mass is 32.2. The highest BCUT2D eigenvalue weighted by molar-refractivity contribution is 7.92. The molecule has 11 heteroatoms. The number of ether oxygens (including phenoxy) is 1. The molecule has 0 bridgehead atoms. The smallest absolute Gasteiger partial charge is 0.331 e. The zero-order chi connectivity index (χ0) is 23.8. The van der Waals surface area contributed by atoms with Gasteiger partial charge in [0, 0.05) is 26.2 Å². The number of anilines is 1. The molecule has 1 saturated heterocycles. The van der Waals surface area contributed by atoms with Crippen LogP contribution >= 0.6 is 0 Å². The molecule has 0 unspecified atom stereocenters. The highest BCUT2D eigenvalue weighted by Crippen LogP contribution is 2.22. The van der Waals surface area contributed by atoms with Crippen molar-refractivity contribution in [3.63, 3.8) is 0 Å². The summed E-state index contributed by atoms with van der Waals surface area (Å²) in [5.74, 6) is 0.170. The number of benzene rings is 2. The maximum atomic E-state index is 13.1. The van der Waals surface area contributed by atoms with Crippen molar-refractivity contribution in [3.05, 3.63) is 63.3 Å². The minimum Gasteiger partial charge on any atom is -0.497 e. The van der Waals surface area contributed by atoms with Gasteiger partial charge in [-0.15, -0.1) is 0 Å². The average molecular weight is 473 g/mol. The summed E-state index contributed by atoms with van der Waals surface area (Å²) in [5, 5.41) is 0.0276. The molecule has 0 atom stereocenters. The largest absolute Gasteiger partial charge is 0.497 e. The Kier molecular flexibility index (Phi) is 5.98. The van der Waals surface area contributed by atoms with Gasteiger partial charge in [0.05, 0.1) is 28.6 Å². The zero-order valence-corrected chi connectivity index (χ0v) is 19.1. The number of carbonyl (C=O) groups excluding carboxylic acids is 1. The number of hydrogen-bond donors (Lipinski definition) is 1. The molecule has 2 heterocycles. The minimum absolute atomic E-state index is 0.0276. The summed E-state index contributed by atoms with van der Waals surface area (Å²) < 4.78 is 35.6. The molecular weight excluding hydrogens is 448 g/mol. The van der Waals surface area contributed by atoms with Crippen molar-refractivity contribution in [1.29, 1.82) is 0 Å². The van der Waals surface area contributed by atoms with E-state index in [0.717, 1.165) is 17.4 Å². The van der Waals surface area contributed by atoms with Gasteiger partial charge < -0.3 is 9.64 Å². The van der Waals surface area contributed by atoms with Crippen LogP contribution < -0.4 is 20.7 Å². The van der Waals surface area contributed by atoms with Crippen molar-refractivity contribution in [2.45, 2.75) is 24.3 Å². The number of fused-ring (bicyclic) bond motifs is 1. The van der Waals surface area contributed by atoms with Crippen LogP contribution in [0.2, 0.25) is 0 Å². The molecule has 2 aromatic carbocycles. The minimum atomic E-state index is -4.03. The Morgan fingerprint density at radius 3 is 2.52 bits per heavy atom. The van der Waals surface area contributed by atoms with Gasteiger partial charge in [0.2, 0.25) is 5.91 Å². The van der Waals surface area contributed by atoms with E-state index in [4.69, 9.17) is 4.74 Å². The Hall–Kier alpha value is -3.60. The van der Waals surface area contributed by atoms with Crippen LogP contribution in [0.1, 0.15) is 12.8 Å². The summed E-state index contributed by atoms with van der Waals surface area (Å²) >= 11 is 0. The topological polar surface area (TPSA) is 120 Å². The van der Waals surface area contributed by atoms with Crippen molar-refractivity contribution in [1.82, 2.24) is 14.0 Å². The summed E-state index contributed by atoms with van der Waals surface area (Å²) in [6.45, 7) is 0.806. The highest BCUT2D eigenvalue weighted by Gasteiger charge is 2.22. The SMILES string of the molecule is COc1cccc(NS(=O)(=O)c2ccc3c(c2)c(=O)n(CC(=O)N2CCCC2)c(=O)n3C)c1. The van der Waals surface area contributed by atoms with Crippen LogP contribution in [-0.2, 0) is 28.4 Å². The maximum absolute atomic E-state index is 13.1. The van der Waals surface area contributed by atoms with Gasteiger partial charge in [-0.05, 0) is 43.2 Å². The van der Waals surface area contributed by atoms with Gasteiger partial charge in [0.1, 0.15) is 12.3 Å². The van der Waals surface area contributed by atoms with Gasteiger partial charge in [0.15, 0.2) is 0 Å². The van der Waals surface area contributed by atoms with Crippen molar-refractivity contribution < 1.29 is 17.9 Å². The number of rotatable bonds is 6. The quantitative estimate of drug-likeness (QED) is 0.574. The second kappa shape index (κ2) is 8.74. The van der Waals surface area contributed by atoms with Crippen molar-refractivity contribution >= 4 is 32.5 Å². The molecule has 33 heavy (non-hydrogen) atoms. The third-order valence-corrected chi connectivity index (χ3v) is 7.09. The second-order valence-electron chi connectivity index (χ2n) is 7.84. The molecule has 1 aromatic heterocycles. The molecule has 1 fully saturated rings. The first-order chi connectivity index (χ1) is 15.7. The molecule has 0 aliphatic carbocycles. The molecule has 10 nitrogen and oxygen atoms in total. The molecule has 3 aromatic rings. The Bertz CT molecular complexity index is 1450. The summed E-state index contributed by atoms with van der Waals surface area (Å²) in [4.78, 5) is 39.9. The van der Waals surface area contributed by atoms with E-state index in [2.05, 4.69) is 4.72 Å². The van der Waals surface area contributed by atoms with Crippen LogP contribution in [0.3, 0.4) is 0 Å². The molecule has 1 amide bonds. The first-order valence-corrected chi connectivity index (χ1v) is 11.9. The zero-order valence-electron chi connectivity index (χ0n) is 18.3. The monoisotopic (exact) mass is 472 g/mol. The van der Waals surface area contributed by atoms with Gasteiger partial charge in [0.25, 0.3) is 15.6 Å². The van der Waals surface area contributed by atoms with Crippen LogP contribution in [0.15, 0.2) is 56.9 Å². The number of sulfonamides is 1. The first kappa shape index (κ1) is 22.6. The number of aryl methyl sites for hydroxylation is 1. The number of carbonyl (C=O) groups is 1. The fourth-order valence-corrected chi connectivity index (χ4v) is 4.98. The summed E-state index contributed by atoms with van der Waals surface area (Å²) in [7, 11) is -1.09. The number of methoxy groups -OCH3 is 1. The van der Waals surface area contributed by atoms with E-state index in [1.807, 2.05) is 0 Å². The summed E-state index contributed by atoms with van der Waals surface area (Å²) in [6.07, 6.45) is 1.77. The van der Waals surface area contributed by atoms with Crippen molar-refractivity contribution in [3.8, 4) is 5.75 Å². The normalized spacial score (nSPS) is 13.9. The fraction of sp³-hybridized carbons (Fsp3) is 0.318. The number of likely N-dealkylation sites (tertiary alicyclic amines) is 1. The second-order valence-corrected chi connectivity index (χ2v) is 9.52. The summed E-state index contributed by atoms with van der Waals surface area (Å²) in [6, 6.07) is 10.4. The molecule has 0 saturated carbocycles. The van der Waals surface area contributed by atoms with E-state index < -0.39 is 21.3 Å². The van der Waals surface area contributed by atoms with Gasteiger partial charge in [-0.2, -0.15) is 0 Å². The molecule has 1 aliphatic rings. The third-order valence-electron chi connectivity index (χ3n) is 5.71. The van der Waals surface area contributed by atoms with E-state index in [0.29, 0.717) is 24.5 Å². The van der Waals surface area contributed by atoms with Crippen LogP contribution in [0, 0.1) is 0 Å². The van der Waals surface area contributed by atoms with E-state index >= 15 is 0 Å². The summed E-state index contributed by atoms with van der Waals surface area (Å²) in [5.41, 5.74) is -0.775. The van der Waals surface area contributed by atoms with Crippen LogP contribution in [-0.4, -0.2) is 48.6 Å².